The van der Waals surface area contributed by atoms with E-state index in [1.165, 1.54) is 35.2 Å². The minimum absolute atomic E-state index is 0.608. The summed E-state index contributed by atoms with van der Waals surface area (Å²) in [5, 5.41) is 7.96. The van der Waals surface area contributed by atoms with Crippen molar-refractivity contribution in [2.24, 2.45) is 7.05 Å². The van der Waals surface area contributed by atoms with Gasteiger partial charge in [-0.1, -0.05) is 22.0 Å². The van der Waals surface area contributed by atoms with Crippen LogP contribution in [0.3, 0.4) is 0 Å². The lowest BCUT2D eigenvalue weighted by atomic mass is 9.89. The van der Waals surface area contributed by atoms with Crippen LogP contribution in [0.15, 0.2) is 28.9 Å². The summed E-state index contributed by atoms with van der Waals surface area (Å²) in [5.41, 5.74) is 5.27. The predicted octanol–water partition coefficient (Wildman–Crippen LogP) is 3.63. The number of hydrogen-bond acceptors (Lipinski definition) is 2. The fraction of sp³-hybridized carbons (Fsp3) is 0.438. The van der Waals surface area contributed by atoms with E-state index in [0.717, 1.165) is 17.6 Å². The lowest BCUT2D eigenvalue weighted by Crippen LogP contribution is -2.27. The summed E-state index contributed by atoms with van der Waals surface area (Å²) in [5.74, 6) is 0.608. The first-order valence-corrected chi connectivity index (χ1v) is 7.95. The molecule has 1 aromatic heterocycles. The first kappa shape index (κ1) is 13.8. The van der Waals surface area contributed by atoms with Gasteiger partial charge in [0.05, 0.1) is 6.20 Å². The van der Waals surface area contributed by atoms with Gasteiger partial charge in [0.15, 0.2) is 0 Å². The van der Waals surface area contributed by atoms with E-state index < -0.39 is 0 Å². The molecule has 0 atom stereocenters. The molecule has 0 radical (unpaired) electrons. The molecule has 0 aliphatic carbocycles. The molecule has 106 valence electrons. The molecule has 0 bridgehead atoms. The van der Waals surface area contributed by atoms with E-state index >= 15 is 0 Å². The van der Waals surface area contributed by atoms with E-state index in [9.17, 15) is 0 Å². The van der Waals surface area contributed by atoms with Crippen LogP contribution in [0.1, 0.15) is 30.0 Å². The van der Waals surface area contributed by atoms with Crippen LogP contribution >= 0.6 is 15.9 Å². The Morgan fingerprint density at radius 2 is 2.00 bits per heavy atom. The molecule has 0 spiro atoms. The van der Waals surface area contributed by atoms with Gasteiger partial charge in [-0.15, -0.1) is 0 Å². The fourth-order valence-corrected chi connectivity index (χ4v) is 3.48. The van der Waals surface area contributed by atoms with Gasteiger partial charge in [-0.3, -0.25) is 4.68 Å². The molecule has 1 fully saturated rings. The molecule has 2 heterocycles. The Bertz CT molecular complexity index is 612. The highest BCUT2D eigenvalue weighted by Crippen LogP contribution is 2.36. The summed E-state index contributed by atoms with van der Waals surface area (Å²) < 4.78 is 3.18. The largest absolute Gasteiger partial charge is 0.317 e. The van der Waals surface area contributed by atoms with Gasteiger partial charge in [-0.05, 0) is 56.1 Å². The number of nitrogens with one attached hydrogen (secondary N) is 1. The highest BCUT2D eigenvalue weighted by atomic mass is 79.9. The average molecular weight is 334 g/mol. The Morgan fingerprint density at radius 3 is 2.75 bits per heavy atom. The molecule has 1 saturated heterocycles. The molecule has 0 amide bonds. The van der Waals surface area contributed by atoms with E-state index in [1.807, 2.05) is 6.20 Å². The van der Waals surface area contributed by atoms with Crippen molar-refractivity contribution in [1.29, 1.82) is 0 Å². The Hall–Kier alpha value is -1.13. The third-order valence-corrected chi connectivity index (χ3v) is 4.69. The van der Waals surface area contributed by atoms with Crippen molar-refractivity contribution in [3.8, 4) is 11.1 Å². The van der Waals surface area contributed by atoms with Crippen LogP contribution in [0.4, 0.5) is 0 Å². The van der Waals surface area contributed by atoms with E-state index in [2.05, 4.69) is 63.2 Å². The van der Waals surface area contributed by atoms with Gasteiger partial charge in [-0.25, -0.2) is 0 Å². The summed E-state index contributed by atoms with van der Waals surface area (Å²) in [4.78, 5) is 0. The zero-order chi connectivity index (χ0) is 14.1. The number of benzene rings is 1. The molecule has 1 aromatic carbocycles. The molecule has 0 unspecified atom stereocenters. The predicted molar refractivity (Wildman–Crippen MR) is 85.9 cm³/mol. The summed E-state index contributed by atoms with van der Waals surface area (Å²) in [6.45, 7) is 4.38. The van der Waals surface area contributed by atoms with E-state index in [1.54, 1.807) is 0 Å². The molecule has 1 N–H and O–H groups in total. The highest BCUT2D eigenvalue weighted by Gasteiger charge is 2.23. The minimum atomic E-state index is 0.608. The van der Waals surface area contributed by atoms with Crippen LogP contribution in [-0.2, 0) is 7.05 Å². The standard InChI is InChI=1S/C16H20BrN3/c1-11-3-4-13(17)9-14(11)15-10-19-20(2)16(15)12-5-7-18-8-6-12/h3-4,9-10,12,18H,5-8H2,1-2H3. The number of hydrogen-bond donors (Lipinski definition) is 1. The second-order valence-electron chi connectivity index (χ2n) is 5.55. The number of nitrogens with zero attached hydrogens (tertiary/aromatic N) is 2. The fourth-order valence-electron chi connectivity index (χ4n) is 3.12. The molecular weight excluding hydrogens is 314 g/mol. The number of halogens is 1. The van der Waals surface area contributed by atoms with Gasteiger partial charge >= 0.3 is 0 Å². The SMILES string of the molecule is Cc1ccc(Br)cc1-c1cnn(C)c1C1CCNCC1. The molecule has 3 rings (SSSR count). The Labute approximate surface area is 128 Å². The number of rotatable bonds is 2. The Morgan fingerprint density at radius 1 is 1.25 bits per heavy atom. The zero-order valence-electron chi connectivity index (χ0n) is 12.0. The number of aryl methyl sites for hydroxylation is 2. The zero-order valence-corrected chi connectivity index (χ0v) is 13.6. The smallest absolute Gasteiger partial charge is 0.0571 e. The lowest BCUT2D eigenvalue weighted by Gasteiger charge is -2.24. The second-order valence-corrected chi connectivity index (χ2v) is 6.47. The summed E-state index contributed by atoms with van der Waals surface area (Å²) in [6.07, 6.45) is 4.41. The van der Waals surface area contributed by atoms with Crippen LogP contribution in [0.5, 0.6) is 0 Å². The van der Waals surface area contributed by atoms with Gasteiger partial charge in [0.2, 0.25) is 0 Å². The van der Waals surface area contributed by atoms with Crippen molar-refractivity contribution >= 4 is 15.9 Å². The quantitative estimate of drug-likeness (QED) is 0.909. The topological polar surface area (TPSA) is 29.9 Å². The maximum atomic E-state index is 4.52. The van der Waals surface area contributed by atoms with Gasteiger partial charge in [0.25, 0.3) is 0 Å². The monoisotopic (exact) mass is 333 g/mol. The van der Waals surface area contributed by atoms with Crippen LogP contribution in [0, 0.1) is 6.92 Å². The van der Waals surface area contributed by atoms with Crippen LogP contribution < -0.4 is 5.32 Å². The Balaban J connectivity index is 2.08. The van der Waals surface area contributed by atoms with Crippen LogP contribution in [0.2, 0.25) is 0 Å². The van der Waals surface area contributed by atoms with E-state index in [-0.39, 0.29) is 0 Å². The molecule has 3 nitrogen and oxygen atoms in total. The summed E-state index contributed by atoms with van der Waals surface area (Å²) in [7, 11) is 2.06. The molecule has 4 heteroatoms. The maximum absolute atomic E-state index is 4.52. The van der Waals surface area contributed by atoms with Gasteiger partial charge in [0, 0.05) is 28.7 Å². The molecule has 2 aromatic rings. The first-order chi connectivity index (χ1) is 9.66. The first-order valence-electron chi connectivity index (χ1n) is 7.16. The van der Waals surface area contributed by atoms with Crippen molar-refractivity contribution in [2.75, 3.05) is 13.1 Å². The van der Waals surface area contributed by atoms with Crippen molar-refractivity contribution < 1.29 is 0 Å². The van der Waals surface area contributed by atoms with Gasteiger partial charge in [-0.2, -0.15) is 5.10 Å². The van der Waals surface area contributed by atoms with Gasteiger partial charge < -0.3 is 5.32 Å². The normalized spacial score (nSPS) is 16.6. The summed E-state index contributed by atoms with van der Waals surface area (Å²) >= 11 is 3.58. The third kappa shape index (κ3) is 2.54. The van der Waals surface area contributed by atoms with Crippen molar-refractivity contribution in [3.63, 3.8) is 0 Å². The van der Waals surface area contributed by atoms with Crippen LogP contribution in [0.25, 0.3) is 11.1 Å². The second kappa shape index (κ2) is 5.70. The minimum Gasteiger partial charge on any atom is -0.317 e. The third-order valence-electron chi connectivity index (χ3n) is 4.20. The molecule has 20 heavy (non-hydrogen) atoms. The highest BCUT2D eigenvalue weighted by molar-refractivity contribution is 9.10. The Kier molecular flexibility index (Phi) is 3.94. The van der Waals surface area contributed by atoms with Crippen molar-refractivity contribution in [1.82, 2.24) is 15.1 Å². The van der Waals surface area contributed by atoms with Gasteiger partial charge in [0.1, 0.15) is 0 Å². The summed E-state index contributed by atoms with van der Waals surface area (Å²) in [6, 6.07) is 6.47. The number of aromatic nitrogens is 2. The molecule has 1 aliphatic rings. The number of piperidine rings is 1. The van der Waals surface area contributed by atoms with Crippen molar-refractivity contribution in [2.45, 2.75) is 25.7 Å². The van der Waals surface area contributed by atoms with E-state index in [0.29, 0.717) is 5.92 Å². The van der Waals surface area contributed by atoms with Crippen LogP contribution in [-0.4, -0.2) is 22.9 Å². The molecule has 1 aliphatic heterocycles. The molecule has 0 saturated carbocycles. The molecular formula is C16H20BrN3. The lowest BCUT2D eigenvalue weighted by molar-refractivity contribution is 0.440. The van der Waals surface area contributed by atoms with E-state index in [4.69, 9.17) is 0 Å². The van der Waals surface area contributed by atoms with Crippen molar-refractivity contribution in [3.05, 3.63) is 40.1 Å². The maximum Gasteiger partial charge on any atom is 0.0571 e. The average Bonchev–Trinajstić information content (AvgIpc) is 2.84.